The second-order valence-corrected chi connectivity index (χ2v) is 13.8. The second kappa shape index (κ2) is 9.93. The van der Waals surface area contributed by atoms with Gasteiger partial charge in [0.1, 0.15) is 11.5 Å². The molecule has 0 amide bonds. The fourth-order valence-electron chi connectivity index (χ4n) is 1.56. The molecule has 0 aromatic heterocycles. The molecule has 0 bridgehead atoms. The molecule has 106 valence electrons. The molecule has 0 spiro atoms. The Bertz CT molecular complexity index is 217. The van der Waals surface area contributed by atoms with Gasteiger partial charge in [-0.3, -0.25) is 0 Å². The van der Waals surface area contributed by atoms with E-state index in [1.807, 2.05) is 0 Å². The molecule has 2 saturated heterocycles. The molecule has 0 aliphatic carbocycles. The van der Waals surface area contributed by atoms with E-state index in [2.05, 4.69) is 64.8 Å². The fourth-order valence-corrected chi connectivity index (χ4v) is 11.8. The first-order valence-corrected chi connectivity index (χ1v) is 14.0. The molecule has 6 heteroatoms. The van der Waals surface area contributed by atoms with Gasteiger partial charge in [0.15, 0.2) is 0 Å². The lowest BCUT2D eigenvalue weighted by Gasteiger charge is -2.23. The summed E-state index contributed by atoms with van der Waals surface area (Å²) in [7, 11) is 2.96. The first-order chi connectivity index (χ1) is 8.88. The van der Waals surface area contributed by atoms with Crippen LogP contribution in [0.1, 0.15) is 6.92 Å². The van der Waals surface area contributed by atoms with Gasteiger partial charge in [-0.25, -0.2) is 0 Å². The summed E-state index contributed by atoms with van der Waals surface area (Å²) in [5, 5.41) is 1.99. The Kier molecular flexibility index (Phi) is 9.09. The summed E-state index contributed by atoms with van der Waals surface area (Å²) in [5.41, 5.74) is 0. The van der Waals surface area contributed by atoms with Crippen molar-refractivity contribution >= 4 is 67.8 Å². The molecule has 1 atom stereocenters. The van der Waals surface area contributed by atoms with E-state index in [1.165, 1.54) is 51.8 Å². The summed E-state index contributed by atoms with van der Waals surface area (Å²) < 4.78 is 0. The quantitative estimate of drug-likeness (QED) is 0.328. The molecule has 0 saturated carbocycles. The van der Waals surface area contributed by atoms with Crippen molar-refractivity contribution in [3.8, 4) is 0 Å². The van der Waals surface area contributed by atoms with Gasteiger partial charge in [0.05, 0.1) is 26.0 Å². The first kappa shape index (κ1) is 16.5. The molecular formula is C12H23S6+. The van der Waals surface area contributed by atoms with E-state index < -0.39 is 0 Å². The Morgan fingerprint density at radius 3 is 2.28 bits per heavy atom. The minimum absolute atomic E-state index is 0.658. The standard InChI is InChI=1S/C12H23S6/c1-2-18(17-12-9-15-10-12)6-5-13-3-4-16-11-7-14-8-11/h11-12H,2-10H2,1H3/q+1. The van der Waals surface area contributed by atoms with Crippen LogP contribution in [0.3, 0.4) is 0 Å². The van der Waals surface area contributed by atoms with E-state index in [0.29, 0.717) is 9.93 Å². The van der Waals surface area contributed by atoms with E-state index in [4.69, 9.17) is 0 Å². The van der Waals surface area contributed by atoms with Gasteiger partial charge in [-0.05, 0) is 6.92 Å². The molecule has 0 aromatic rings. The molecule has 0 radical (unpaired) electrons. The van der Waals surface area contributed by atoms with Gasteiger partial charge in [-0.1, -0.05) is 0 Å². The highest BCUT2D eigenvalue weighted by molar-refractivity contribution is 8.74. The zero-order valence-corrected chi connectivity index (χ0v) is 15.9. The second-order valence-electron chi connectivity index (χ2n) is 4.33. The van der Waals surface area contributed by atoms with Crippen LogP contribution in [0.2, 0.25) is 0 Å². The minimum atomic E-state index is 0.658. The van der Waals surface area contributed by atoms with Gasteiger partial charge < -0.3 is 0 Å². The van der Waals surface area contributed by atoms with Crippen LogP contribution in [0, 0.1) is 0 Å². The lowest BCUT2D eigenvalue weighted by molar-refractivity contribution is 1.08. The Labute approximate surface area is 136 Å². The van der Waals surface area contributed by atoms with Gasteiger partial charge >= 0.3 is 0 Å². The van der Waals surface area contributed by atoms with Crippen molar-refractivity contribution in [2.45, 2.75) is 17.4 Å². The van der Waals surface area contributed by atoms with Gasteiger partial charge in [-0.2, -0.15) is 47.0 Å². The fraction of sp³-hybridized carbons (Fsp3) is 1.00. The van der Waals surface area contributed by atoms with Gasteiger partial charge in [0.2, 0.25) is 0 Å². The predicted molar refractivity (Wildman–Crippen MR) is 102 cm³/mol. The van der Waals surface area contributed by atoms with Gasteiger partial charge in [0, 0.05) is 45.5 Å². The normalized spacial score (nSPS) is 22.5. The van der Waals surface area contributed by atoms with E-state index in [9.17, 15) is 0 Å². The molecule has 1 unspecified atom stereocenters. The van der Waals surface area contributed by atoms with Crippen LogP contribution in [0.15, 0.2) is 0 Å². The van der Waals surface area contributed by atoms with Crippen molar-refractivity contribution in [3.05, 3.63) is 0 Å². The molecule has 18 heavy (non-hydrogen) atoms. The zero-order valence-electron chi connectivity index (χ0n) is 11.0. The summed E-state index contributed by atoms with van der Waals surface area (Å²) in [5.74, 6) is 12.6. The molecule has 0 aromatic carbocycles. The largest absolute Gasteiger partial charge is 0.160 e. The highest BCUT2D eigenvalue weighted by atomic mass is 33.1. The molecule has 2 rings (SSSR count). The molecule has 0 N–H and O–H groups in total. The smallest absolute Gasteiger partial charge is 0.129 e. The van der Waals surface area contributed by atoms with Crippen LogP contribution in [-0.2, 0) is 9.93 Å². The van der Waals surface area contributed by atoms with E-state index in [1.54, 1.807) is 0 Å². The number of thioether (sulfide) groups is 4. The van der Waals surface area contributed by atoms with E-state index in [-0.39, 0.29) is 0 Å². The maximum Gasteiger partial charge on any atom is 0.129 e. The Morgan fingerprint density at radius 2 is 1.72 bits per heavy atom. The van der Waals surface area contributed by atoms with Crippen LogP contribution in [-0.4, -0.2) is 62.3 Å². The predicted octanol–water partition coefficient (Wildman–Crippen LogP) is 3.97. The molecule has 2 aliphatic heterocycles. The van der Waals surface area contributed by atoms with Crippen molar-refractivity contribution in [1.29, 1.82) is 0 Å². The molecule has 2 aliphatic rings. The lowest BCUT2D eigenvalue weighted by Crippen LogP contribution is -2.24. The molecule has 2 fully saturated rings. The first-order valence-electron chi connectivity index (χ1n) is 6.58. The molecular weight excluding hydrogens is 337 g/mol. The summed E-state index contributed by atoms with van der Waals surface area (Å²) >= 11 is 8.61. The topological polar surface area (TPSA) is 0 Å². The monoisotopic (exact) mass is 359 g/mol. The average Bonchev–Trinajstić information content (AvgIpc) is 2.27. The lowest BCUT2D eigenvalue weighted by atomic mass is 10.5. The van der Waals surface area contributed by atoms with Crippen molar-refractivity contribution in [2.24, 2.45) is 0 Å². The summed E-state index contributed by atoms with van der Waals surface area (Å²) in [4.78, 5) is 0. The number of hydrogen-bond donors (Lipinski definition) is 0. The highest BCUT2D eigenvalue weighted by Gasteiger charge is 2.29. The van der Waals surface area contributed by atoms with E-state index in [0.717, 1.165) is 10.5 Å². The molecule has 2 heterocycles. The van der Waals surface area contributed by atoms with Crippen LogP contribution >= 0.6 is 57.8 Å². The maximum atomic E-state index is 2.37. The average molecular weight is 360 g/mol. The Morgan fingerprint density at radius 1 is 1.00 bits per heavy atom. The molecule has 0 nitrogen and oxygen atoms in total. The SMILES string of the molecule is CC[S+](CCSCCSC1CSC1)SC1CSC1. The third kappa shape index (κ3) is 6.25. The third-order valence-electron chi connectivity index (χ3n) is 2.85. The third-order valence-corrected chi connectivity index (χ3v) is 14.0. The zero-order chi connectivity index (χ0) is 12.6. The van der Waals surface area contributed by atoms with Crippen molar-refractivity contribution in [3.63, 3.8) is 0 Å². The van der Waals surface area contributed by atoms with Gasteiger partial charge in [-0.15, -0.1) is 0 Å². The van der Waals surface area contributed by atoms with Crippen LogP contribution in [0.4, 0.5) is 0 Å². The summed E-state index contributed by atoms with van der Waals surface area (Å²) in [6.07, 6.45) is 0. The highest BCUT2D eigenvalue weighted by Crippen LogP contribution is 2.34. The number of rotatable bonds is 10. The van der Waals surface area contributed by atoms with E-state index >= 15 is 0 Å². The van der Waals surface area contributed by atoms with Crippen molar-refractivity contribution in [2.75, 3.05) is 51.8 Å². The minimum Gasteiger partial charge on any atom is -0.160 e. The summed E-state index contributed by atoms with van der Waals surface area (Å²) in [6.45, 7) is 2.37. The summed E-state index contributed by atoms with van der Waals surface area (Å²) in [6, 6.07) is 0. The van der Waals surface area contributed by atoms with Crippen LogP contribution in [0.5, 0.6) is 0 Å². The van der Waals surface area contributed by atoms with Crippen molar-refractivity contribution in [1.82, 2.24) is 0 Å². The number of hydrogen-bond acceptors (Lipinski definition) is 5. The Balaban J connectivity index is 1.40. The Hall–Kier alpha value is 2.10. The van der Waals surface area contributed by atoms with Gasteiger partial charge in [0.25, 0.3) is 0 Å². The van der Waals surface area contributed by atoms with Crippen molar-refractivity contribution < 1.29 is 0 Å². The maximum absolute atomic E-state index is 2.37. The van der Waals surface area contributed by atoms with Crippen LogP contribution in [0.25, 0.3) is 0 Å². The van der Waals surface area contributed by atoms with Crippen LogP contribution < -0.4 is 0 Å².